The van der Waals surface area contributed by atoms with E-state index >= 15 is 0 Å². The summed E-state index contributed by atoms with van der Waals surface area (Å²) in [6, 6.07) is 10.2. The molecule has 0 atom stereocenters. The van der Waals surface area contributed by atoms with E-state index in [2.05, 4.69) is 34.4 Å². The van der Waals surface area contributed by atoms with E-state index in [1.807, 2.05) is 37.0 Å². The highest BCUT2D eigenvalue weighted by molar-refractivity contribution is 5.92. The molecule has 5 nitrogen and oxygen atoms in total. The van der Waals surface area contributed by atoms with E-state index < -0.39 is 0 Å². The lowest BCUT2D eigenvalue weighted by molar-refractivity contribution is 0.0947. The second kappa shape index (κ2) is 7.18. The van der Waals surface area contributed by atoms with Crippen molar-refractivity contribution in [3.8, 4) is 5.69 Å². The molecular weight excluding hydrogens is 300 g/mol. The Morgan fingerprint density at radius 3 is 2.79 bits per heavy atom. The van der Waals surface area contributed by atoms with Gasteiger partial charge in [0.05, 0.1) is 5.69 Å². The van der Waals surface area contributed by atoms with Gasteiger partial charge >= 0.3 is 0 Å². The molecule has 1 amide bonds. The minimum atomic E-state index is -0.0814. The molecule has 3 rings (SSSR count). The van der Waals surface area contributed by atoms with Crippen molar-refractivity contribution in [2.75, 3.05) is 27.2 Å². The molecule has 128 valence electrons. The Morgan fingerprint density at radius 1 is 1.33 bits per heavy atom. The first-order valence-electron chi connectivity index (χ1n) is 8.64. The second-order valence-corrected chi connectivity index (χ2v) is 6.89. The van der Waals surface area contributed by atoms with Crippen LogP contribution in [0.25, 0.3) is 5.69 Å². The highest BCUT2D eigenvalue weighted by Gasteiger charge is 2.29. The largest absolute Gasteiger partial charge is 0.351 e. The van der Waals surface area contributed by atoms with Crippen molar-refractivity contribution in [1.82, 2.24) is 20.0 Å². The van der Waals surface area contributed by atoms with E-state index in [4.69, 9.17) is 0 Å². The molecule has 0 saturated heterocycles. The standard InChI is InChI=1S/C19H26N4O/c1-14-6-4-7-16(12-14)23-18(15-8-9-15)13-17(21-23)19(24)20-10-5-11-22(2)3/h4,6-7,12-13,15H,5,8-11H2,1-3H3,(H,20,24). The van der Waals surface area contributed by atoms with Crippen molar-refractivity contribution in [3.05, 3.63) is 47.3 Å². The van der Waals surface area contributed by atoms with Crippen molar-refractivity contribution in [2.24, 2.45) is 0 Å². The van der Waals surface area contributed by atoms with E-state index in [0.29, 0.717) is 18.2 Å². The quantitative estimate of drug-likeness (QED) is 0.796. The van der Waals surface area contributed by atoms with Gasteiger partial charge in [-0.1, -0.05) is 12.1 Å². The highest BCUT2D eigenvalue weighted by Crippen LogP contribution is 2.41. The van der Waals surface area contributed by atoms with Gasteiger partial charge in [-0.05, 0) is 70.6 Å². The van der Waals surface area contributed by atoms with Crippen LogP contribution in [0.4, 0.5) is 0 Å². The predicted molar refractivity (Wildman–Crippen MR) is 95.8 cm³/mol. The Morgan fingerprint density at radius 2 is 2.12 bits per heavy atom. The monoisotopic (exact) mass is 326 g/mol. The van der Waals surface area contributed by atoms with Crippen LogP contribution in [0.3, 0.4) is 0 Å². The number of amides is 1. The van der Waals surface area contributed by atoms with E-state index in [-0.39, 0.29) is 5.91 Å². The van der Waals surface area contributed by atoms with Gasteiger partial charge in [0, 0.05) is 18.2 Å². The minimum Gasteiger partial charge on any atom is -0.351 e. The fourth-order valence-electron chi connectivity index (χ4n) is 2.83. The number of hydrogen-bond acceptors (Lipinski definition) is 3. The molecule has 1 aromatic carbocycles. The molecule has 0 unspecified atom stereocenters. The molecule has 1 N–H and O–H groups in total. The van der Waals surface area contributed by atoms with Gasteiger partial charge in [-0.3, -0.25) is 4.79 Å². The van der Waals surface area contributed by atoms with Gasteiger partial charge in [0.2, 0.25) is 0 Å². The maximum Gasteiger partial charge on any atom is 0.271 e. The van der Waals surface area contributed by atoms with E-state index in [1.165, 1.54) is 18.4 Å². The van der Waals surface area contributed by atoms with Gasteiger partial charge in [-0.15, -0.1) is 0 Å². The first-order valence-corrected chi connectivity index (χ1v) is 8.64. The Bertz CT molecular complexity index is 716. The van der Waals surface area contributed by atoms with Crippen molar-refractivity contribution < 1.29 is 4.79 Å². The SMILES string of the molecule is Cc1cccc(-n2nc(C(=O)NCCCN(C)C)cc2C2CC2)c1. The van der Waals surface area contributed by atoms with Gasteiger partial charge in [-0.2, -0.15) is 5.10 Å². The third-order valence-corrected chi connectivity index (χ3v) is 4.28. The van der Waals surface area contributed by atoms with Crippen LogP contribution in [-0.2, 0) is 0 Å². The van der Waals surface area contributed by atoms with Crippen LogP contribution < -0.4 is 5.32 Å². The summed E-state index contributed by atoms with van der Waals surface area (Å²) in [7, 11) is 4.07. The zero-order valence-electron chi connectivity index (χ0n) is 14.7. The Balaban J connectivity index is 1.75. The molecular formula is C19H26N4O. The Hall–Kier alpha value is -2.14. The van der Waals surface area contributed by atoms with Crippen molar-refractivity contribution >= 4 is 5.91 Å². The van der Waals surface area contributed by atoms with E-state index in [1.54, 1.807) is 0 Å². The topological polar surface area (TPSA) is 50.2 Å². The molecule has 0 bridgehead atoms. The summed E-state index contributed by atoms with van der Waals surface area (Å²) in [6.07, 6.45) is 3.30. The number of benzene rings is 1. The lowest BCUT2D eigenvalue weighted by atomic mass is 10.2. The summed E-state index contributed by atoms with van der Waals surface area (Å²) in [4.78, 5) is 14.5. The van der Waals surface area contributed by atoms with Gasteiger partial charge in [0.25, 0.3) is 5.91 Å². The molecule has 2 aromatic rings. The third-order valence-electron chi connectivity index (χ3n) is 4.28. The maximum absolute atomic E-state index is 12.4. The number of carbonyl (C=O) groups excluding carboxylic acids is 1. The molecule has 0 spiro atoms. The first kappa shape index (κ1) is 16.7. The van der Waals surface area contributed by atoms with Crippen molar-refractivity contribution in [3.63, 3.8) is 0 Å². The number of carbonyl (C=O) groups is 1. The molecule has 1 saturated carbocycles. The highest BCUT2D eigenvalue weighted by atomic mass is 16.1. The molecule has 0 radical (unpaired) electrons. The molecule has 1 heterocycles. The number of nitrogens with one attached hydrogen (secondary N) is 1. The van der Waals surface area contributed by atoms with Crippen LogP contribution >= 0.6 is 0 Å². The predicted octanol–water partition coefficient (Wildman–Crippen LogP) is 2.74. The molecule has 1 fully saturated rings. The normalized spacial score (nSPS) is 14.2. The number of rotatable bonds is 7. The van der Waals surface area contributed by atoms with Crippen LogP contribution in [0.15, 0.2) is 30.3 Å². The lowest BCUT2D eigenvalue weighted by Crippen LogP contribution is -2.27. The van der Waals surface area contributed by atoms with Gasteiger partial charge < -0.3 is 10.2 Å². The Kier molecular flexibility index (Phi) is 5.00. The summed E-state index contributed by atoms with van der Waals surface area (Å²) in [5.41, 5.74) is 3.89. The summed E-state index contributed by atoms with van der Waals surface area (Å²) >= 11 is 0. The second-order valence-electron chi connectivity index (χ2n) is 6.89. The van der Waals surface area contributed by atoms with E-state index in [0.717, 1.165) is 24.3 Å². The summed E-state index contributed by atoms with van der Waals surface area (Å²) in [5, 5.41) is 7.57. The average Bonchev–Trinajstić information content (AvgIpc) is 3.29. The van der Waals surface area contributed by atoms with Crippen molar-refractivity contribution in [1.29, 1.82) is 0 Å². The fraction of sp³-hybridized carbons (Fsp3) is 0.474. The van der Waals surface area contributed by atoms with Crippen molar-refractivity contribution in [2.45, 2.75) is 32.1 Å². The Labute approximate surface area is 143 Å². The molecule has 5 heteroatoms. The third kappa shape index (κ3) is 4.03. The molecule has 0 aliphatic heterocycles. The molecule has 24 heavy (non-hydrogen) atoms. The van der Waals surface area contributed by atoms with E-state index in [9.17, 15) is 4.79 Å². The van der Waals surface area contributed by atoms with Gasteiger partial charge in [-0.25, -0.2) is 4.68 Å². The molecule has 1 aliphatic carbocycles. The number of aryl methyl sites for hydroxylation is 1. The smallest absolute Gasteiger partial charge is 0.271 e. The summed E-state index contributed by atoms with van der Waals surface area (Å²) in [6.45, 7) is 3.71. The molecule has 1 aromatic heterocycles. The number of aromatic nitrogens is 2. The number of nitrogens with zero attached hydrogens (tertiary/aromatic N) is 3. The molecule has 1 aliphatic rings. The summed E-state index contributed by atoms with van der Waals surface area (Å²) < 4.78 is 1.94. The lowest BCUT2D eigenvalue weighted by Gasteiger charge is -2.09. The van der Waals surface area contributed by atoms with Crippen LogP contribution in [0, 0.1) is 6.92 Å². The zero-order valence-corrected chi connectivity index (χ0v) is 14.7. The maximum atomic E-state index is 12.4. The summed E-state index contributed by atoms with van der Waals surface area (Å²) in [5.74, 6) is 0.454. The minimum absolute atomic E-state index is 0.0814. The van der Waals surface area contributed by atoms with Crippen LogP contribution in [0.5, 0.6) is 0 Å². The first-order chi connectivity index (χ1) is 11.5. The fourth-order valence-corrected chi connectivity index (χ4v) is 2.83. The zero-order chi connectivity index (χ0) is 17.1. The number of hydrogen-bond donors (Lipinski definition) is 1. The van der Waals surface area contributed by atoms with Crippen LogP contribution in [0.2, 0.25) is 0 Å². The van der Waals surface area contributed by atoms with Crippen LogP contribution in [0.1, 0.15) is 46.9 Å². The van der Waals surface area contributed by atoms with Gasteiger partial charge in [0.15, 0.2) is 5.69 Å². The average molecular weight is 326 g/mol. The van der Waals surface area contributed by atoms with Crippen LogP contribution in [-0.4, -0.2) is 47.8 Å². The van der Waals surface area contributed by atoms with Gasteiger partial charge in [0.1, 0.15) is 0 Å².